The number of rotatable bonds is 6. The normalized spacial score (nSPS) is 23.6. The molecular weight excluding hydrogens is 492 g/mol. The molecule has 12 heteroatoms. The molecule has 2 aromatic heterocycles. The van der Waals surface area contributed by atoms with Gasteiger partial charge in [-0.2, -0.15) is 0 Å². The molecule has 0 radical (unpaired) electrons. The van der Waals surface area contributed by atoms with Crippen molar-refractivity contribution in [2.24, 2.45) is 0 Å². The Bertz CT molecular complexity index is 1440. The van der Waals surface area contributed by atoms with Crippen LogP contribution >= 0.6 is 0 Å². The average molecular weight is 521 g/mol. The van der Waals surface area contributed by atoms with E-state index in [1.165, 1.54) is 6.33 Å². The van der Waals surface area contributed by atoms with Crippen LogP contribution in [0.25, 0.3) is 11.2 Å². The number of nitrogens with zero attached hydrogens (tertiary/aromatic N) is 4. The van der Waals surface area contributed by atoms with E-state index in [2.05, 4.69) is 32.1 Å². The number of nitrogens with one attached hydrogen (secondary N) is 1. The number of imidazole rings is 1. The number of carboxylic acids is 1. The highest BCUT2D eigenvalue weighted by Gasteiger charge is 2.58. The number of nitrogen functional groups attached to an aromatic ring is 1. The maximum atomic E-state index is 12.7. The second-order valence-electron chi connectivity index (χ2n) is 9.50. The Hall–Kier alpha value is -4.05. The van der Waals surface area contributed by atoms with Gasteiger partial charge in [-0.05, 0) is 50.8 Å². The summed E-state index contributed by atoms with van der Waals surface area (Å²) in [6, 6.07) is 7.29. The van der Waals surface area contributed by atoms with Crippen molar-refractivity contribution >= 4 is 28.9 Å². The molecule has 5 rings (SSSR count). The van der Waals surface area contributed by atoms with Crippen LogP contribution in [0.1, 0.15) is 50.4 Å². The van der Waals surface area contributed by atoms with E-state index in [1.807, 2.05) is 31.2 Å². The number of hydrogen-bond donors (Lipinski definition) is 3. The van der Waals surface area contributed by atoms with Gasteiger partial charge < -0.3 is 30.4 Å². The van der Waals surface area contributed by atoms with Gasteiger partial charge in [0.25, 0.3) is 5.91 Å². The van der Waals surface area contributed by atoms with Gasteiger partial charge >= 0.3 is 5.97 Å². The van der Waals surface area contributed by atoms with E-state index in [1.54, 1.807) is 18.4 Å². The Labute approximate surface area is 218 Å². The van der Waals surface area contributed by atoms with Crippen molar-refractivity contribution in [3.63, 3.8) is 0 Å². The van der Waals surface area contributed by atoms with Crippen LogP contribution in [0, 0.1) is 11.8 Å². The molecule has 4 atom stereocenters. The molecule has 2 saturated heterocycles. The Morgan fingerprint density at radius 1 is 1.16 bits per heavy atom. The number of aromatic nitrogens is 4. The number of aryl methyl sites for hydroxylation is 1. The van der Waals surface area contributed by atoms with Gasteiger partial charge in [0.05, 0.1) is 6.33 Å². The molecule has 2 fully saturated rings. The summed E-state index contributed by atoms with van der Waals surface area (Å²) in [7, 11) is 0. The Morgan fingerprint density at radius 3 is 2.61 bits per heavy atom. The predicted molar refractivity (Wildman–Crippen MR) is 135 cm³/mol. The summed E-state index contributed by atoms with van der Waals surface area (Å²) in [6.45, 7) is 5.86. The van der Waals surface area contributed by atoms with Crippen molar-refractivity contribution < 1.29 is 28.9 Å². The van der Waals surface area contributed by atoms with Crippen LogP contribution in [0.4, 0.5) is 5.82 Å². The van der Waals surface area contributed by atoms with Crippen LogP contribution in [0.5, 0.6) is 0 Å². The summed E-state index contributed by atoms with van der Waals surface area (Å²) >= 11 is 0. The highest BCUT2D eigenvalue weighted by atomic mass is 16.8. The lowest BCUT2D eigenvalue weighted by atomic mass is 10.1. The quantitative estimate of drug-likeness (QED) is 0.405. The van der Waals surface area contributed by atoms with Gasteiger partial charge in [0.2, 0.25) is 5.82 Å². The fraction of sp³-hybridized carbons (Fsp3) is 0.423. The lowest BCUT2D eigenvalue weighted by Crippen LogP contribution is -2.42. The Balaban J connectivity index is 1.44. The fourth-order valence-corrected chi connectivity index (χ4v) is 4.60. The van der Waals surface area contributed by atoms with Crippen LogP contribution < -0.4 is 11.1 Å². The number of nitrogens with two attached hydrogens (primary N) is 1. The van der Waals surface area contributed by atoms with Gasteiger partial charge in [0.1, 0.15) is 17.7 Å². The number of aliphatic carboxylic acids is 1. The van der Waals surface area contributed by atoms with E-state index in [0.29, 0.717) is 29.7 Å². The van der Waals surface area contributed by atoms with Crippen molar-refractivity contribution in [3.8, 4) is 11.8 Å². The monoisotopic (exact) mass is 520 g/mol. The van der Waals surface area contributed by atoms with Crippen molar-refractivity contribution in [3.05, 3.63) is 47.5 Å². The highest BCUT2D eigenvalue weighted by molar-refractivity contribution is 5.83. The third-order valence-corrected chi connectivity index (χ3v) is 6.26. The zero-order valence-corrected chi connectivity index (χ0v) is 21.2. The molecule has 12 nitrogen and oxygen atoms in total. The number of anilines is 1. The van der Waals surface area contributed by atoms with Gasteiger partial charge in [0, 0.05) is 18.5 Å². The van der Waals surface area contributed by atoms with Crippen LogP contribution in [-0.2, 0) is 30.2 Å². The van der Waals surface area contributed by atoms with Crippen LogP contribution in [-0.4, -0.2) is 67.1 Å². The van der Waals surface area contributed by atoms with Crippen molar-refractivity contribution in [2.45, 2.75) is 63.9 Å². The van der Waals surface area contributed by atoms with E-state index in [-0.39, 0.29) is 24.0 Å². The van der Waals surface area contributed by atoms with Crippen LogP contribution in [0.15, 0.2) is 30.6 Å². The molecule has 198 valence electrons. The number of benzene rings is 1. The van der Waals surface area contributed by atoms with Gasteiger partial charge in [-0.3, -0.25) is 14.2 Å². The van der Waals surface area contributed by atoms with Gasteiger partial charge in [-0.1, -0.05) is 18.1 Å². The third kappa shape index (κ3) is 5.04. The molecule has 0 unspecified atom stereocenters. The molecule has 4 heterocycles. The Morgan fingerprint density at radius 2 is 1.89 bits per heavy atom. The Kier molecular flexibility index (Phi) is 6.75. The fourth-order valence-electron chi connectivity index (χ4n) is 4.60. The molecule has 4 N–H and O–H groups in total. The average Bonchev–Trinajstić information content (AvgIpc) is 3.53. The molecule has 2 aliphatic heterocycles. The first-order valence-electron chi connectivity index (χ1n) is 12.3. The second-order valence-corrected chi connectivity index (χ2v) is 9.50. The molecule has 0 bridgehead atoms. The number of ether oxygens (including phenoxy) is 3. The van der Waals surface area contributed by atoms with E-state index >= 15 is 0 Å². The number of carboxylic acid groups (broad SMARTS) is 1. The summed E-state index contributed by atoms with van der Waals surface area (Å²) in [5.41, 5.74) is 8.56. The standard InChI is InChI=1S/C26H28N6O6/c1-4-28-24(35)20-19-21(38-26(2,3)37-19)25(36-20)32-13-29-18-22(27)30-16(31-23(18)32)11-9-14-5-7-15(8-6-14)10-12-17(33)34/h5-8,13,19-21,25H,4,10,12H2,1-3H3,(H,28,35)(H,33,34)(H2,27,30,31)/t19-,20+,21-,25-/m1/s1. The molecule has 3 aromatic rings. The summed E-state index contributed by atoms with van der Waals surface area (Å²) in [4.78, 5) is 36.7. The second kappa shape index (κ2) is 10.0. The van der Waals surface area contributed by atoms with Gasteiger partial charge in [-0.25, -0.2) is 15.0 Å². The largest absolute Gasteiger partial charge is 0.481 e. The van der Waals surface area contributed by atoms with Gasteiger partial charge in [-0.15, -0.1) is 0 Å². The number of carbonyl (C=O) groups is 2. The highest BCUT2D eigenvalue weighted by Crippen LogP contribution is 2.43. The van der Waals surface area contributed by atoms with Gasteiger partial charge in [0.15, 0.2) is 29.6 Å². The van der Waals surface area contributed by atoms with Crippen LogP contribution in [0.2, 0.25) is 0 Å². The molecule has 0 spiro atoms. The minimum Gasteiger partial charge on any atom is -0.481 e. The lowest BCUT2D eigenvalue weighted by molar-refractivity contribution is -0.197. The molecule has 0 saturated carbocycles. The van der Waals surface area contributed by atoms with Crippen molar-refractivity contribution in [1.82, 2.24) is 24.8 Å². The van der Waals surface area contributed by atoms with E-state index in [4.69, 9.17) is 25.1 Å². The van der Waals surface area contributed by atoms with E-state index in [0.717, 1.165) is 5.56 Å². The molecule has 38 heavy (non-hydrogen) atoms. The number of fused-ring (bicyclic) bond motifs is 2. The van der Waals surface area contributed by atoms with Crippen molar-refractivity contribution in [2.75, 3.05) is 12.3 Å². The van der Waals surface area contributed by atoms with Crippen molar-refractivity contribution in [1.29, 1.82) is 0 Å². The summed E-state index contributed by atoms with van der Waals surface area (Å²) in [6.07, 6.45) is -0.775. The summed E-state index contributed by atoms with van der Waals surface area (Å²) in [5, 5.41) is 11.6. The number of likely N-dealkylation sites (N-methyl/N-ethyl adjacent to an activating group) is 1. The number of carbonyl (C=O) groups excluding carboxylic acids is 1. The van der Waals surface area contributed by atoms with E-state index in [9.17, 15) is 9.59 Å². The number of hydrogen-bond acceptors (Lipinski definition) is 9. The first-order chi connectivity index (χ1) is 18.1. The molecule has 2 aliphatic rings. The first-order valence-corrected chi connectivity index (χ1v) is 12.3. The molecular formula is C26H28N6O6. The third-order valence-electron chi connectivity index (χ3n) is 6.26. The molecule has 0 aliphatic carbocycles. The number of amides is 1. The smallest absolute Gasteiger partial charge is 0.303 e. The summed E-state index contributed by atoms with van der Waals surface area (Å²) in [5.74, 6) is 4.25. The lowest BCUT2D eigenvalue weighted by Gasteiger charge is -2.24. The minimum atomic E-state index is -0.897. The zero-order chi connectivity index (χ0) is 27.0. The topological polar surface area (TPSA) is 164 Å². The maximum Gasteiger partial charge on any atom is 0.303 e. The zero-order valence-electron chi connectivity index (χ0n) is 21.2. The first kappa shape index (κ1) is 25.6. The molecule has 1 aromatic carbocycles. The summed E-state index contributed by atoms with van der Waals surface area (Å²) < 4.78 is 19.9. The minimum absolute atomic E-state index is 0.0663. The maximum absolute atomic E-state index is 12.7. The molecule has 1 amide bonds. The van der Waals surface area contributed by atoms with E-state index < -0.39 is 36.3 Å². The SMILES string of the molecule is CCNC(=O)[C@H]1O[C@@H](n2cnc3c(N)nc(C#Cc4ccc(CCC(=O)O)cc4)nc32)[C@@H]2OC(C)(C)O[C@@H]21. The van der Waals surface area contributed by atoms with Crippen LogP contribution in [0.3, 0.4) is 0 Å². The predicted octanol–water partition coefficient (Wildman–Crippen LogP) is 1.38.